The van der Waals surface area contributed by atoms with Crippen molar-refractivity contribution < 1.29 is 0 Å². The molecule has 1 aromatic heterocycles. The Bertz CT molecular complexity index is 769. The molecule has 1 aromatic carbocycles. The lowest BCUT2D eigenvalue weighted by Gasteiger charge is -2.15. The van der Waals surface area contributed by atoms with Crippen LogP contribution in [0.1, 0.15) is 68.2 Å². The Morgan fingerprint density at radius 2 is 1.82 bits per heavy atom. The average molecular weight is 379 g/mol. The number of hydrogen-bond donors (Lipinski definition) is 0. The number of rotatable bonds is 10. The molecule has 28 heavy (non-hydrogen) atoms. The first-order chi connectivity index (χ1) is 13.6. The van der Waals surface area contributed by atoms with Gasteiger partial charge in [-0.2, -0.15) is 0 Å². The summed E-state index contributed by atoms with van der Waals surface area (Å²) in [6, 6.07) is 8.68. The zero-order valence-corrected chi connectivity index (χ0v) is 18.2. The molecule has 152 valence electrons. The predicted octanol–water partition coefficient (Wildman–Crippen LogP) is 6.50. The van der Waals surface area contributed by atoms with Crippen molar-refractivity contribution in [1.82, 2.24) is 9.88 Å². The van der Waals surface area contributed by atoms with Crippen molar-refractivity contribution in [1.29, 1.82) is 0 Å². The van der Waals surface area contributed by atoms with E-state index in [2.05, 4.69) is 62.3 Å². The minimum atomic E-state index is 0.987. The minimum Gasteiger partial charge on any atom is -0.309 e. The summed E-state index contributed by atoms with van der Waals surface area (Å²) >= 11 is 0. The van der Waals surface area contributed by atoms with Crippen LogP contribution in [0.2, 0.25) is 0 Å². The summed E-state index contributed by atoms with van der Waals surface area (Å²) in [6.45, 7) is 3.36. The topological polar surface area (TPSA) is 16.1 Å². The second-order valence-corrected chi connectivity index (χ2v) is 8.84. The molecule has 1 fully saturated rings. The van der Waals surface area contributed by atoms with Crippen LogP contribution in [0.5, 0.6) is 0 Å². The van der Waals surface area contributed by atoms with Gasteiger partial charge in [-0.3, -0.25) is 4.98 Å². The molecule has 0 atom stereocenters. The summed E-state index contributed by atoms with van der Waals surface area (Å²) in [7, 11) is 4.32. The number of hydrogen-bond acceptors (Lipinski definition) is 2. The fourth-order valence-electron chi connectivity index (χ4n) is 4.69. The first-order valence-corrected chi connectivity index (χ1v) is 11.3. The Morgan fingerprint density at radius 1 is 1.04 bits per heavy atom. The van der Waals surface area contributed by atoms with Crippen LogP contribution in [-0.2, 0) is 12.8 Å². The molecule has 2 heteroatoms. The van der Waals surface area contributed by atoms with Crippen LogP contribution < -0.4 is 0 Å². The molecular formula is C26H38N2. The highest BCUT2D eigenvalue weighted by Gasteiger charge is 2.14. The SMILES string of the molecule is Cc1nc2ccccc2c(CCCCN(C)C)c1C/C=C/CCC1CCCC1. The maximum absolute atomic E-state index is 4.91. The highest BCUT2D eigenvalue weighted by molar-refractivity contribution is 5.83. The smallest absolute Gasteiger partial charge is 0.0708 e. The molecule has 0 radical (unpaired) electrons. The van der Waals surface area contributed by atoms with E-state index in [0.717, 1.165) is 24.3 Å². The number of allylic oxidation sites excluding steroid dienone is 2. The van der Waals surface area contributed by atoms with E-state index in [4.69, 9.17) is 4.98 Å². The first-order valence-electron chi connectivity index (χ1n) is 11.3. The van der Waals surface area contributed by atoms with Gasteiger partial charge in [0.2, 0.25) is 0 Å². The number of nitrogens with zero attached hydrogens (tertiary/aromatic N) is 2. The van der Waals surface area contributed by atoms with Gasteiger partial charge in [0.05, 0.1) is 5.52 Å². The lowest BCUT2D eigenvalue weighted by atomic mass is 9.94. The Morgan fingerprint density at radius 3 is 2.61 bits per heavy atom. The van der Waals surface area contributed by atoms with Gasteiger partial charge in [-0.1, -0.05) is 56.0 Å². The molecule has 1 aliphatic rings. The number of fused-ring (bicyclic) bond motifs is 1. The van der Waals surface area contributed by atoms with Crippen LogP contribution >= 0.6 is 0 Å². The molecule has 1 heterocycles. The van der Waals surface area contributed by atoms with Crippen LogP contribution in [-0.4, -0.2) is 30.5 Å². The normalized spacial score (nSPS) is 15.4. The van der Waals surface area contributed by atoms with Crippen LogP contribution in [0.3, 0.4) is 0 Å². The molecule has 2 aromatic rings. The Balaban J connectivity index is 1.69. The van der Waals surface area contributed by atoms with Crippen molar-refractivity contribution >= 4 is 10.9 Å². The third kappa shape index (κ3) is 5.91. The van der Waals surface area contributed by atoms with Crippen LogP contribution in [0, 0.1) is 12.8 Å². The number of unbranched alkanes of at least 4 members (excludes halogenated alkanes) is 1. The van der Waals surface area contributed by atoms with Gasteiger partial charge in [-0.15, -0.1) is 0 Å². The second kappa shape index (κ2) is 10.8. The summed E-state index contributed by atoms with van der Waals surface area (Å²) < 4.78 is 0. The minimum absolute atomic E-state index is 0.987. The van der Waals surface area contributed by atoms with Crippen molar-refractivity contribution in [3.05, 3.63) is 53.2 Å². The van der Waals surface area contributed by atoms with Crippen LogP contribution in [0.15, 0.2) is 36.4 Å². The molecular weight excluding hydrogens is 340 g/mol. The third-order valence-corrected chi connectivity index (χ3v) is 6.31. The number of benzene rings is 1. The van der Waals surface area contributed by atoms with Crippen molar-refractivity contribution in [2.24, 2.45) is 5.92 Å². The summed E-state index contributed by atoms with van der Waals surface area (Å²) in [5.74, 6) is 0.987. The van der Waals surface area contributed by atoms with Gasteiger partial charge < -0.3 is 4.90 Å². The van der Waals surface area contributed by atoms with Crippen molar-refractivity contribution in [3.8, 4) is 0 Å². The summed E-state index contributed by atoms with van der Waals surface area (Å²) in [6.07, 6.45) is 17.9. The quantitative estimate of drug-likeness (QED) is 0.347. The van der Waals surface area contributed by atoms with Gasteiger partial charge in [0.15, 0.2) is 0 Å². The highest BCUT2D eigenvalue weighted by atomic mass is 15.0. The zero-order valence-electron chi connectivity index (χ0n) is 18.2. The molecule has 1 saturated carbocycles. The van der Waals surface area contributed by atoms with Crippen LogP contribution in [0.4, 0.5) is 0 Å². The Hall–Kier alpha value is -1.67. The molecule has 0 aliphatic heterocycles. The molecule has 0 N–H and O–H groups in total. The lowest BCUT2D eigenvalue weighted by Crippen LogP contribution is -2.13. The second-order valence-electron chi connectivity index (χ2n) is 8.84. The van der Waals surface area contributed by atoms with Gasteiger partial charge in [-0.25, -0.2) is 0 Å². The van der Waals surface area contributed by atoms with E-state index in [1.54, 1.807) is 0 Å². The van der Waals surface area contributed by atoms with Gasteiger partial charge in [0.1, 0.15) is 0 Å². The zero-order chi connectivity index (χ0) is 19.8. The number of pyridine rings is 1. The fourth-order valence-corrected chi connectivity index (χ4v) is 4.69. The molecule has 0 spiro atoms. The highest BCUT2D eigenvalue weighted by Crippen LogP contribution is 2.29. The van der Waals surface area contributed by atoms with E-state index in [9.17, 15) is 0 Å². The molecule has 2 nitrogen and oxygen atoms in total. The molecule has 1 aliphatic carbocycles. The van der Waals surface area contributed by atoms with Gasteiger partial charge in [0.25, 0.3) is 0 Å². The maximum atomic E-state index is 4.91. The van der Waals surface area contributed by atoms with E-state index >= 15 is 0 Å². The van der Waals surface area contributed by atoms with Gasteiger partial charge >= 0.3 is 0 Å². The number of aromatic nitrogens is 1. The molecule has 0 saturated heterocycles. The molecule has 0 unspecified atom stereocenters. The predicted molar refractivity (Wildman–Crippen MR) is 122 cm³/mol. The third-order valence-electron chi connectivity index (χ3n) is 6.31. The van der Waals surface area contributed by atoms with E-state index in [1.165, 1.54) is 80.1 Å². The number of para-hydroxylation sites is 1. The van der Waals surface area contributed by atoms with Crippen molar-refractivity contribution in [2.45, 2.75) is 71.1 Å². The van der Waals surface area contributed by atoms with E-state index in [1.807, 2.05) is 0 Å². The lowest BCUT2D eigenvalue weighted by molar-refractivity contribution is 0.394. The number of aryl methyl sites for hydroxylation is 2. The molecule has 0 amide bonds. The summed E-state index contributed by atoms with van der Waals surface area (Å²) in [4.78, 5) is 7.19. The van der Waals surface area contributed by atoms with Gasteiger partial charge in [-0.05, 0) is 89.2 Å². The standard InChI is InChI=1S/C26H38N2/c1-21-23(16-6-4-5-13-22-14-7-8-15-22)24(17-11-12-20-28(2)3)25-18-9-10-19-26(25)27-21/h4,6,9-10,18-19,22H,5,7-8,11-17,20H2,1-3H3/b6-4+. The van der Waals surface area contributed by atoms with E-state index < -0.39 is 0 Å². The largest absolute Gasteiger partial charge is 0.309 e. The Kier molecular flexibility index (Phi) is 8.09. The summed E-state index contributed by atoms with van der Waals surface area (Å²) in [5, 5.41) is 1.35. The van der Waals surface area contributed by atoms with Crippen LogP contribution in [0.25, 0.3) is 10.9 Å². The van der Waals surface area contributed by atoms with E-state index in [-0.39, 0.29) is 0 Å². The summed E-state index contributed by atoms with van der Waals surface area (Å²) in [5.41, 5.74) is 5.35. The monoisotopic (exact) mass is 378 g/mol. The molecule has 0 bridgehead atoms. The average Bonchev–Trinajstić information content (AvgIpc) is 3.19. The molecule has 3 rings (SSSR count). The Labute approximate surface area is 172 Å². The maximum Gasteiger partial charge on any atom is 0.0708 e. The first kappa shape index (κ1) is 21.0. The van der Waals surface area contributed by atoms with Crippen molar-refractivity contribution in [3.63, 3.8) is 0 Å². The van der Waals surface area contributed by atoms with Crippen molar-refractivity contribution in [2.75, 3.05) is 20.6 Å². The fraction of sp³-hybridized carbons (Fsp3) is 0.577. The van der Waals surface area contributed by atoms with E-state index in [0.29, 0.717) is 0 Å². The van der Waals surface area contributed by atoms with Gasteiger partial charge in [0, 0.05) is 11.1 Å².